The number of benzene rings is 1. The minimum Gasteiger partial charge on any atom is -0.380 e. The Kier molecular flexibility index (Phi) is 2.34. The van der Waals surface area contributed by atoms with Crippen molar-refractivity contribution in [3.05, 3.63) is 60.3 Å². The van der Waals surface area contributed by atoms with Gasteiger partial charge in [-0.25, -0.2) is 4.98 Å². The van der Waals surface area contributed by atoms with E-state index in [-0.39, 0.29) is 0 Å². The lowest BCUT2D eigenvalue weighted by Crippen LogP contribution is -2.01. The smallest absolute Gasteiger partial charge is 0.139 e. The Balaban J connectivity index is 2.06. The molecule has 0 spiro atoms. The SMILES string of the molecule is OC(c1ccc2ncccc2c1)c1ncc[nH]1. The summed E-state index contributed by atoms with van der Waals surface area (Å²) in [5.41, 5.74) is 1.73. The zero-order valence-corrected chi connectivity index (χ0v) is 9.04. The van der Waals surface area contributed by atoms with E-state index in [4.69, 9.17) is 0 Å². The van der Waals surface area contributed by atoms with Crippen LogP contribution in [0.15, 0.2) is 48.9 Å². The van der Waals surface area contributed by atoms with E-state index in [0.717, 1.165) is 16.5 Å². The summed E-state index contributed by atoms with van der Waals surface area (Å²) < 4.78 is 0. The standard InChI is InChI=1S/C13H11N3O/c17-12(13-15-6-7-16-13)10-3-4-11-9(8-10)2-1-5-14-11/h1-8,12,17H,(H,15,16). The van der Waals surface area contributed by atoms with E-state index >= 15 is 0 Å². The quantitative estimate of drug-likeness (QED) is 0.701. The summed E-state index contributed by atoms with van der Waals surface area (Å²) in [6.07, 6.45) is 4.35. The number of nitrogens with one attached hydrogen (secondary N) is 1. The molecule has 2 aromatic heterocycles. The summed E-state index contributed by atoms with van der Waals surface area (Å²) in [6, 6.07) is 9.54. The number of aliphatic hydroxyl groups excluding tert-OH is 1. The van der Waals surface area contributed by atoms with Crippen molar-refractivity contribution >= 4 is 10.9 Å². The van der Waals surface area contributed by atoms with Crippen LogP contribution in [0.4, 0.5) is 0 Å². The van der Waals surface area contributed by atoms with Crippen LogP contribution in [0.25, 0.3) is 10.9 Å². The highest BCUT2D eigenvalue weighted by Gasteiger charge is 2.12. The van der Waals surface area contributed by atoms with E-state index in [0.29, 0.717) is 5.82 Å². The number of fused-ring (bicyclic) bond motifs is 1. The van der Waals surface area contributed by atoms with Crippen molar-refractivity contribution in [1.29, 1.82) is 0 Å². The summed E-state index contributed by atoms with van der Waals surface area (Å²) in [7, 11) is 0. The van der Waals surface area contributed by atoms with Crippen LogP contribution in [0.2, 0.25) is 0 Å². The van der Waals surface area contributed by atoms with Gasteiger partial charge in [0, 0.05) is 24.0 Å². The zero-order chi connectivity index (χ0) is 11.7. The van der Waals surface area contributed by atoms with Crippen LogP contribution in [-0.2, 0) is 0 Å². The van der Waals surface area contributed by atoms with Crippen molar-refractivity contribution in [3.8, 4) is 0 Å². The molecule has 3 aromatic rings. The minimum absolute atomic E-state index is 0.549. The maximum absolute atomic E-state index is 10.1. The van der Waals surface area contributed by atoms with E-state index in [1.165, 1.54) is 0 Å². The topological polar surface area (TPSA) is 61.8 Å². The van der Waals surface area contributed by atoms with E-state index in [1.54, 1.807) is 18.6 Å². The number of rotatable bonds is 2. The Morgan fingerprint density at radius 1 is 1.12 bits per heavy atom. The number of hydrogen-bond acceptors (Lipinski definition) is 3. The Labute approximate surface area is 98.0 Å². The van der Waals surface area contributed by atoms with Crippen LogP contribution in [0.5, 0.6) is 0 Å². The van der Waals surface area contributed by atoms with Gasteiger partial charge in [0.2, 0.25) is 0 Å². The molecule has 0 fully saturated rings. The van der Waals surface area contributed by atoms with E-state index < -0.39 is 6.10 Å². The molecule has 1 aromatic carbocycles. The van der Waals surface area contributed by atoms with Gasteiger partial charge in [0.15, 0.2) is 0 Å². The molecule has 0 aliphatic carbocycles. The molecule has 2 heterocycles. The molecule has 2 N–H and O–H groups in total. The molecule has 3 rings (SSSR count). The average Bonchev–Trinajstić information content (AvgIpc) is 2.91. The maximum Gasteiger partial charge on any atom is 0.139 e. The van der Waals surface area contributed by atoms with Gasteiger partial charge in [-0.2, -0.15) is 0 Å². The molecule has 4 nitrogen and oxygen atoms in total. The highest BCUT2D eigenvalue weighted by molar-refractivity contribution is 5.79. The third-order valence-electron chi connectivity index (χ3n) is 2.72. The molecule has 0 bridgehead atoms. The average molecular weight is 225 g/mol. The van der Waals surface area contributed by atoms with Crippen LogP contribution in [0.1, 0.15) is 17.5 Å². The summed E-state index contributed by atoms with van der Waals surface area (Å²) in [6.45, 7) is 0. The predicted molar refractivity (Wildman–Crippen MR) is 64.4 cm³/mol. The van der Waals surface area contributed by atoms with Gasteiger partial charge >= 0.3 is 0 Å². The molecule has 0 amide bonds. The molecule has 0 saturated heterocycles. The second-order valence-corrected chi connectivity index (χ2v) is 3.83. The molecular formula is C13H11N3O. The lowest BCUT2D eigenvalue weighted by Gasteiger charge is -2.08. The van der Waals surface area contributed by atoms with Gasteiger partial charge in [0.05, 0.1) is 5.52 Å². The van der Waals surface area contributed by atoms with Gasteiger partial charge in [-0.3, -0.25) is 4.98 Å². The molecule has 0 aliphatic heterocycles. The van der Waals surface area contributed by atoms with Crippen molar-refractivity contribution in [2.24, 2.45) is 0 Å². The Hall–Kier alpha value is -2.20. The molecule has 84 valence electrons. The highest BCUT2D eigenvalue weighted by atomic mass is 16.3. The predicted octanol–water partition coefficient (Wildman–Crippen LogP) is 2.04. The number of nitrogens with zero attached hydrogens (tertiary/aromatic N) is 2. The zero-order valence-electron chi connectivity index (χ0n) is 9.04. The van der Waals surface area contributed by atoms with Gasteiger partial charge in [-0.05, 0) is 23.8 Å². The van der Waals surface area contributed by atoms with Crippen LogP contribution >= 0.6 is 0 Å². The van der Waals surface area contributed by atoms with E-state index in [1.807, 2.05) is 30.3 Å². The number of aromatic nitrogens is 3. The summed E-state index contributed by atoms with van der Waals surface area (Å²) in [5, 5.41) is 11.1. The molecule has 0 saturated carbocycles. The number of H-pyrrole nitrogens is 1. The number of imidazole rings is 1. The second-order valence-electron chi connectivity index (χ2n) is 3.83. The van der Waals surface area contributed by atoms with Crippen LogP contribution < -0.4 is 0 Å². The Morgan fingerprint density at radius 2 is 2.06 bits per heavy atom. The molecule has 4 heteroatoms. The summed E-state index contributed by atoms with van der Waals surface area (Å²) in [5.74, 6) is 0.549. The molecule has 1 unspecified atom stereocenters. The van der Waals surface area contributed by atoms with Crippen molar-refractivity contribution in [2.75, 3.05) is 0 Å². The summed E-state index contributed by atoms with van der Waals surface area (Å²) in [4.78, 5) is 11.2. The fourth-order valence-electron chi connectivity index (χ4n) is 1.85. The van der Waals surface area contributed by atoms with Crippen molar-refractivity contribution in [3.63, 3.8) is 0 Å². The monoisotopic (exact) mass is 225 g/mol. The normalized spacial score (nSPS) is 12.8. The molecule has 1 atom stereocenters. The Bertz CT molecular complexity index is 634. The first-order chi connectivity index (χ1) is 8.34. The molecule has 17 heavy (non-hydrogen) atoms. The van der Waals surface area contributed by atoms with Crippen LogP contribution in [0.3, 0.4) is 0 Å². The third kappa shape index (κ3) is 1.79. The second kappa shape index (κ2) is 3.99. The number of hydrogen-bond donors (Lipinski definition) is 2. The number of pyridine rings is 1. The fourth-order valence-corrected chi connectivity index (χ4v) is 1.85. The fraction of sp³-hybridized carbons (Fsp3) is 0.0769. The Morgan fingerprint density at radius 3 is 2.88 bits per heavy atom. The maximum atomic E-state index is 10.1. The first-order valence-electron chi connectivity index (χ1n) is 5.36. The lowest BCUT2D eigenvalue weighted by molar-refractivity contribution is 0.211. The van der Waals surface area contributed by atoms with Crippen molar-refractivity contribution < 1.29 is 5.11 Å². The van der Waals surface area contributed by atoms with Gasteiger partial charge in [-0.1, -0.05) is 12.1 Å². The third-order valence-corrected chi connectivity index (χ3v) is 2.72. The van der Waals surface area contributed by atoms with Crippen molar-refractivity contribution in [1.82, 2.24) is 15.0 Å². The van der Waals surface area contributed by atoms with Gasteiger partial charge in [-0.15, -0.1) is 0 Å². The molecular weight excluding hydrogens is 214 g/mol. The van der Waals surface area contributed by atoms with Gasteiger partial charge in [0.25, 0.3) is 0 Å². The van der Waals surface area contributed by atoms with E-state index in [9.17, 15) is 5.11 Å². The van der Waals surface area contributed by atoms with Crippen LogP contribution in [-0.4, -0.2) is 20.1 Å². The van der Waals surface area contributed by atoms with Crippen LogP contribution in [0, 0.1) is 0 Å². The lowest BCUT2D eigenvalue weighted by atomic mass is 10.1. The van der Waals surface area contributed by atoms with Crippen molar-refractivity contribution in [2.45, 2.75) is 6.10 Å². The minimum atomic E-state index is -0.727. The molecule has 0 aliphatic rings. The highest BCUT2D eigenvalue weighted by Crippen LogP contribution is 2.22. The largest absolute Gasteiger partial charge is 0.380 e. The van der Waals surface area contributed by atoms with Gasteiger partial charge < -0.3 is 10.1 Å². The molecule has 0 radical (unpaired) electrons. The first-order valence-corrected chi connectivity index (χ1v) is 5.36. The number of aliphatic hydroxyl groups is 1. The first kappa shape index (κ1) is 9.99. The van der Waals surface area contributed by atoms with E-state index in [2.05, 4.69) is 15.0 Å². The number of aromatic amines is 1. The summed E-state index contributed by atoms with van der Waals surface area (Å²) >= 11 is 0. The van der Waals surface area contributed by atoms with Gasteiger partial charge in [0.1, 0.15) is 11.9 Å².